The van der Waals surface area contributed by atoms with Crippen molar-refractivity contribution in [3.63, 3.8) is 0 Å². The predicted octanol–water partition coefficient (Wildman–Crippen LogP) is 3.09. The lowest BCUT2D eigenvalue weighted by atomic mass is 10.0. The van der Waals surface area contributed by atoms with Gasteiger partial charge in [-0.25, -0.2) is 4.98 Å². The first-order chi connectivity index (χ1) is 9.78. The van der Waals surface area contributed by atoms with E-state index < -0.39 is 0 Å². The molecule has 0 bridgehead atoms. The van der Waals surface area contributed by atoms with Crippen LogP contribution in [-0.4, -0.2) is 24.5 Å². The summed E-state index contributed by atoms with van der Waals surface area (Å²) in [5, 5.41) is 7.81. The number of nitrogens with zero attached hydrogens (tertiary/aromatic N) is 2. The lowest BCUT2D eigenvalue weighted by Gasteiger charge is -2.12. The maximum atomic E-state index is 4.34. The molecule has 0 aromatic carbocycles. The number of guanidine groups is 1. The Morgan fingerprint density at radius 3 is 2.85 bits per heavy atom. The van der Waals surface area contributed by atoms with Crippen LogP contribution in [0, 0.1) is 12.8 Å². The molecule has 0 spiro atoms. The Labute approximate surface area is 126 Å². The van der Waals surface area contributed by atoms with E-state index in [1.165, 1.54) is 43.4 Å². The smallest absolute Gasteiger partial charge is 0.191 e. The van der Waals surface area contributed by atoms with Crippen molar-refractivity contribution in [2.45, 2.75) is 52.0 Å². The third kappa shape index (κ3) is 5.12. The molecule has 20 heavy (non-hydrogen) atoms. The Hall–Kier alpha value is -1.10. The Morgan fingerprint density at radius 2 is 2.20 bits per heavy atom. The van der Waals surface area contributed by atoms with E-state index in [1.807, 2.05) is 13.2 Å². The topological polar surface area (TPSA) is 49.3 Å². The van der Waals surface area contributed by atoms with E-state index in [9.17, 15) is 0 Å². The molecule has 4 nitrogen and oxygen atoms in total. The van der Waals surface area contributed by atoms with E-state index in [-0.39, 0.29) is 0 Å². The lowest BCUT2D eigenvalue weighted by molar-refractivity contribution is 0.481. The first-order valence-electron chi connectivity index (χ1n) is 7.63. The lowest BCUT2D eigenvalue weighted by Crippen LogP contribution is -2.37. The second kappa shape index (κ2) is 8.25. The van der Waals surface area contributed by atoms with Crippen molar-refractivity contribution in [2.75, 3.05) is 13.6 Å². The van der Waals surface area contributed by atoms with Gasteiger partial charge < -0.3 is 10.6 Å². The summed E-state index contributed by atoms with van der Waals surface area (Å²) >= 11 is 1.73. The molecule has 1 aliphatic carbocycles. The number of hydrogen-bond acceptors (Lipinski definition) is 3. The highest BCUT2D eigenvalue weighted by atomic mass is 32.1. The quantitative estimate of drug-likeness (QED) is 0.481. The van der Waals surface area contributed by atoms with Crippen LogP contribution in [-0.2, 0) is 6.54 Å². The highest BCUT2D eigenvalue weighted by Gasteiger charge is 2.13. The van der Waals surface area contributed by atoms with Gasteiger partial charge in [-0.3, -0.25) is 4.99 Å². The van der Waals surface area contributed by atoms with E-state index in [0.717, 1.165) is 30.0 Å². The molecule has 0 aliphatic heterocycles. The van der Waals surface area contributed by atoms with Gasteiger partial charge in [0.05, 0.1) is 6.54 Å². The Kier molecular flexibility index (Phi) is 6.30. The summed E-state index contributed by atoms with van der Waals surface area (Å²) in [7, 11) is 1.82. The third-order valence-corrected chi connectivity index (χ3v) is 4.77. The molecule has 2 rings (SSSR count). The predicted molar refractivity (Wildman–Crippen MR) is 86.2 cm³/mol. The van der Waals surface area contributed by atoms with Gasteiger partial charge in [-0.15, -0.1) is 11.3 Å². The molecule has 0 saturated heterocycles. The van der Waals surface area contributed by atoms with Crippen LogP contribution in [0.4, 0.5) is 0 Å². The number of nitrogens with one attached hydrogen (secondary N) is 2. The Morgan fingerprint density at radius 1 is 1.40 bits per heavy atom. The highest BCUT2D eigenvalue weighted by Crippen LogP contribution is 2.28. The van der Waals surface area contributed by atoms with Crippen LogP contribution in [0.15, 0.2) is 11.2 Å². The van der Waals surface area contributed by atoms with E-state index >= 15 is 0 Å². The maximum absolute atomic E-state index is 4.34. The molecule has 1 fully saturated rings. The van der Waals surface area contributed by atoms with Crippen LogP contribution in [0.1, 0.15) is 48.4 Å². The standard InChI is InChI=1S/C15H26N4S/c1-12-10-18-14(20-12)11-19-15(16-2)17-9-5-8-13-6-3-4-7-13/h10,13H,3-9,11H2,1-2H3,(H2,16,17,19). The van der Waals surface area contributed by atoms with E-state index in [1.54, 1.807) is 11.3 Å². The van der Waals surface area contributed by atoms with E-state index in [0.29, 0.717) is 0 Å². The summed E-state index contributed by atoms with van der Waals surface area (Å²) in [6, 6.07) is 0. The van der Waals surface area contributed by atoms with Crippen molar-refractivity contribution >= 4 is 17.3 Å². The minimum absolute atomic E-state index is 0.751. The van der Waals surface area contributed by atoms with Crippen LogP contribution in [0.2, 0.25) is 0 Å². The first-order valence-corrected chi connectivity index (χ1v) is 8.45. The zero-order valence-corrected chi connectivity index (χ0v) is 13.4. The van der Waals surface area contributed by atoms with Crippen LogP contribution in [0.3, 0.4) is 0 Å². The van der Waals surface area contributed by atoms with Crippen molar-refractivity contribution in [3.05, 3.63) is 16.1 Å². The average molecular weight is 294 g/mol. The summed E-state index contributed by atoms with van der Waals surface area (Å²) in [6.45, 7) is 3.84. The molecule has 5 heteroatoms. The molecule has 112 valence electrons. The van der Waals surface area contributed by atoms with Crippen LogP contribution < -0.4 is 10.6 Å². The van der Waals surface area contributed by atoms with Gasteiger partial charge in [0.15, 0.2) is 5.96 Å². The van der Waals surface area contributed by atoms with Gasteiger partial charge >= 0.3 is 0 Å². The van der Waals surface area contributed by atoms with Gasteiger partial charge in [-0.05, 0) is 25.7 Å². The third-order valence-electron chi connectivity index (χ3n) is 3.86. The second-order valence-electron chi connectivity index (χ2n) is 5.51. The van der Waals surface area contributed by atoms with Gasteiger partial charge in [-0.2, -0.15) is 0 Å². The minimum atomic E-state index is 0.751. The Balaban J connectivity index is 1.59. The summed E-state index contributed by atoms with van der Waals surface area (Å²) in [5.41, 5.74) is 0. The van der Waals surface area contributed by atoms with Gasteiger partial charge in [-0.1, -0.05) is 25.7 Å². The van der Waals surface area contributed by atoms with Crippen molar-refractivity contribution in [3.8, 4) is 0 Å². The molecule has 1 saturated carbocycles. The average Bonchev–Trinajstić information content (AvgIpc) is 3.09. The summed E-state index contributed by atoms with van der Waals surface area (Å²) in [4.78, 5) is 9.85. The van der Waals surface area contributed by atoms with Crippen molar-refractivity contribution in [1.82, 2.24) is 15.6 Å². The SMILES string of the molecule is CN=C(NCCCC1CCCC1)NCc1ncc(C)s1. The van der Waals surface area contributed by atoms with E-state index in [2.05, 4.69) is 27.5 Å². The van der Waals surface area contributed by atoms with Crippen molar-refractivity contribution in [1.29, 1.82) is 0 Å². The summed E-state index contributed by atoms with van der Waals surface area (Å²) in [6.07, 6.45) is 10.3. The van der Waals surface area contributed by atoms with Crippen LogP contribution >= 0.6 is 11.3 Å². The monoisotopic (exact) mass is 294 g/mol. The van der Waals surface area contributed by atoms with E-state index in [4.69, 9.17) is 0 Å². The number of aryl methyl sites for hydroxylation is 1. The molecular weight excluding hydrogens is 268 g/mol. The fraction of sp³-hybridized carbons (Fsp3) is 0.733. The number of aromatic nitrogens is 1. The van der Waals surface area contributed by atoms with Crippen molar-refractivity contribution < 1.29 is 0 Å². The normalized spacial score (nSPS) is 16.6. The Bertz CT molecular complexity index is 421. The molecular formula is C15H26N4S. The number of aliphatic imine (C=N–C) groups is 1. The molecule has 0 amide bonds. The summed E-state index contributed by atoms with van der Waals surface area (Å²) < 4.78 is 0. The zero-order chi connectivity index (χ0) is 14.2. The van der Waals surface area contributed by atoms with Gasteiger partial charge in [0.2, 0.25) is 0 Å². The minimum Gasteiger partial charge on any atom is -0.356 e. The van der Waals surface area contributed by atoms with Gasteiger partial charge in [0.25, 0.3) is 0 Å². The fourth-order valence-corrected chi connectivity index (χ4v) is 3.49. The molecule has 1 heterocycles. The van der Waals surface area contributed by atoms with Gasteiger partial charge in [0.1, 0.15) is 5.01 Å². The number of rotatable bonds is 6. The van der Waals surface area contributed by atoms with Crippen LogP contribution in [0.25, 0.3) is 0 Å². The maximum Gasteiger partial charge on any atom is 0.191 e. The molecule has 1 aliphatic rings. The highest BCUT2D eigenvalue weighted by molar-refractivity contribution is 7.11. The largest absolute Gasteiger partial charge is 0.356 e. The molecule has 0 unspecified atom stereocenters. The summed E-state index contributed by atoms with van der Waals surface area (Å²) in [5.74, 6) is 1.86. The molecule has 2 N–H and O–H groups in total. The molecule has 0 radical (unpaired) electrons. The zero-order valence-electron chi connectivity index (χ0n) is 12.6. The molecule has 1 aromatic heterocycles. The first kappa shape index (κ1) is 15.3. The number of hydrogen-bond donors (Lipinski definition) is 2. The van der Waals surface area contributed by atoms with Crippen molar-refractivity contribution in [2.24, 2.45) is 10.9 Å². The van der Waals surface area contributed by atoms with Crippen LogP contribution in [0.5, 0.6) is 0 Å². The molecule has 0 atom stereocenters. The fourth-order valence-electron chi connectivity index (χ4n) is 2.76. The number of thiazole rings is 1. The second-order valence-corrected chi connectivity index (χ2v) is 6.83. The molecule has 1 aromatic rings. The van der Waals surface area contributed by atoms with Gasteiger partial charge in [0, 0.05) is 24.7 Å².